The van der Waals surface area contributed by atoms with Gasteiger partial charge in [0, 0.05) is 0 Å². The molecule has 1 N–H and O–H groups in total. The highest BCUT2D eigenvalue weighted by Crippen LogP contribution is 2.53. The van der Waals surface area contributed by atoms with Gasteiger partial charge in [-0.3, -0.25) is 4.79 Å². The summed E-state index contributed by atoms with van der Waals surface area (Å²) in [7, 11) is 0. The predicted molar refractivity (Wildman–Crippen MR) is 36.5 cm³/mol. The van der Waals surface area contributed by atoms with Crippen molar-refractivity contribution in [2.45, 2.75) is 19.3 Å². The third-order valence-corrected chi connectivity index (χ3v) is 2.87. The maximum absolute atomic E-state index is 10.7. The number of carbonyl (C=O) groups is 1. The lowest BCUT2D eigenvalue weighted by Gasteiger charge is -2.40. The molecule has 1 saturated carbocycles. The van der Waals surface area contributed by atoms with E-state index in [0.717, 1.165) is 19.3 Å². The van der Waals surface area contributed by atoms with Crippen LogP contribution < -0.4 is 0 Å². The molecule has 1 fully saturated rings. The first kappa shape index (κ1) is 5.96. The molecular formula is C8H10O2. The first-order chi connectivity index (χ1) is 4.76. The minimum absolute atomic E-state index is 0.421. The summed E-state index contributed by atoms with van der Waals surface area (Å²) in [6.45, 7) is 0. The summed E-state index contributed by atoms with van der Waals surface area (Å²) in [5, 5.41) is 8.84. The number of carboxylic acids is 1. The molecule has 0 amide bonds. The van der Waals surface area contributed by atoms with Crippen LogP contribution >= 0.6 is 0 Å². The van der Waals surface area contributed by atoms with Crippen LogP contribution in [0.3, 0.4) is 0 Å². The zero-order chi connectivity index (χ0) is 7.19. The molecule has 54 valence electrons. The van der Waals surface area contributed by atoms with Crippen molar-refractivity contribution in [3.8, 4) is 0 Å². The van der Waals surface area contributed by atoms with E-state index in [1.54, 1.807) is 0 Å². The largest absolute Gasteiger partial charge is 0.481 e. The monoisotopic (exact) mass is 138 g/mol. The van der Waals surface area contributed by atoms with Crippen LogP contribution in [0.4, 0.5) is 0 Å². The lowest BCUT2D eigenvalue weighted by Crippen LogP contribution is -2.42. The van der Waals surface area contributed by atoms with Crippen LogP contribution in [-0.2, 0) is 4.79 Å². The molecule has 0 spiro atoms. The molecule has 2 nitrogen and oxygen atoms in total. The molecular weight excluding hydrogens is 128 g/mol. The van der Waals surface area contributed by atoms with Gasteiger partial charge >= 0.3 is 5.97 Å². The number of aliphatic carboxylic acids is 1. The zero-order valence-corrected chi connectivity index (χ0v) is 5.71. The molecule has 2 heteroatoms. The molecule has 0 heterocycles. The number of allylic oxidation sites excluding steroid dienone is 1. The SMILES string of the molecule is O=C(O)C12C=CCC1CC2. The van der Waals surface area contributed by atoms with Crippen LogP contribution in [0.15, 0.2) is 12.2 Å². The third-order valence-electron chi connectivity index (χ3n) is 2.87. The fourth-order valence-electron chi connectivity index (χ4n) is 2.00. The maximum Gasteiger partial charge on any atom is 0.313 e. The summed E-state index contributed by atoms with van der Waals surface area (Å²) < 4.78 is 0. The van der Waals surface area contributed by atoms with Crippen LogP contribution in [0, 0.1) is 11.3 Å². The molecule has 2 rings (SSSR count). The van der Waals surface area contributed by atoms with Gasteiger partial charge < -0.3 is 5.11 Å². The maximum atomic E-state index is 10.7. The van der Waals surface area contributed by atoms with Crippen molar-refractivity contribution in [3.05, 3.63) is 12.2 Å². The van der Waals surface area contributed by atoms with Crippen LogP contribution in [0.1, 0.15) is 19.3 Å². The minimum Gasteiger partial charge on any atom is -0.481 e. The molecule has 0 bridgehead atoms. The number of rotatable bonds is 1. The first-order valence-corrected chi connectivity index (χ1v) is 3.67. The average Bonchev–Trinajstić information content (AvgIpc) is 2.09. The molecule has 0 aromatic heterocycles. The Labute approximate surface area is 59.5 Å². The summed E-state index contributed by atoms with van der Waals surface area (Å²) in [6.07, 6.45) is 6.81. The van der Waals surface area contributed by atoms with Crippen LogP contribution in [0.25, 0.3) is 0 Å². The Bertz CT molecular complexity index is 207. The van der Waals surface area contributed by atoms with E-state index in [4.69, 9.17) is 5.11 Å². The van der Waals surface area contributed by atoms with Crippen molar-refractivity contribution in [2.75, 3.05) is 0 Å². The van der Waals surface area contributed by atoms with Crippen molar-refractivity contribution < 1.29 is 9.90 Å². The molecule has 2 aliphatic carbocycles. The Morgan fingerprint density at radius 1 is 1.70 bits per heavy atom. The Morgan fingerprint density at radius 2 is 2.50 bits per heavy atom. The van der Waals surface area contributed by atoms with Gasteiger partial charge in [-0.25, -0.2) is 0 Å². The standard InChI is InChI=1S/C8H10O2/c9-7(10)8-4-1-2-6(8)3-5-8/h1,4,6H,2-3,5H2,(H,9,10). The lowest BCUT2D eigenvalue weighted by molar-refractivity contribution is -0.154. The molecule has 0 aliphatic heterocycles. The average molecular weight is 138 g/mol. The van der Waals surface area contributed by atoms with Crippen molar-refractivity contribution in [1.82, 2.24) is 0 Å². The van der Waals surface area contributed by atoms with E-state index in [-0.39, 0.29) is 0 Å². The molecule has 10 heavy (non-hydrogen) atoms. The minimum atomic E-state index is -0.627. The van der Waals surface area contributed by atoms with Crippen molar-refractivity contribution >= 4 is 5.97 Å². The fraction of sp³-hybridized carbons (Fsp3) is 0.625. The molecule has 0 radical (unpaired) electrons. The quantitative estimate of drug-likeness (QED) is 0.556. The third kappa shape index (κ3) is 0.474. The lowest BCUT2D eigenvalue weighted by atomic mass is 9.62. The van der Waals surface area contributed by atoms with Gasteiger partial charge in [-0.05, 0) is 25.2 Å². The number of fused-ring (bicyclic) bond motifs is 1. The zero-order valence-electron chi connectivity index (χ0n) is 5.71. The van der Waals surface area contributed by atoms with Gasteiger partial charge in [0.2, 0.25) is 0 Å². The topological polar surface area (TPSA) is 37.3 Å². The summed E-state index contributed by atoms with van der Waals surface area (Å²) in [4.78, 5) is 10.7. The summed E-state index contributed by atoms with van der Waals surface area (Å²) in [6, 6.07) is 0. The summed E-state index contributed by atoms with van der Waals surface area (Å²) >= 11 is 0. The molecule has 2 aliphatic rings. The van der Waals surface area contributed by atoms with Crippen molar-refractivity contribution in [3.63, 3.8) is 0 Å². The van der Waals surface area contributed by atoms with E-state index < -0.39 is 11.4 Å². The van der Waals surface area contributed by atoms with E-state index >= 15 is 0 Å². The normalized spacial score (nSPS) is 42.6. The van der Waals surface area contributed by atoms with E-state index in [0.29, 0.717) is 5.92 Å². The van der Waals surface area contributed by atoms with E-state index in [9.17, 15) is 4.79 Å². The Kier molecular flexibility index (Phi) is 0.967. The van der Waals surface area contributed by atoms with Gasteiger partial charge in [0.25, 0.3) is 0 Å². The highest BCUT2D eigenvalue weighted by molar-refractivity contribution is 5.79. The molecule has 0 saturated heterocycles. The molecule has 0 aromatic carbocycles. The van der Waals surface area contributed by atoms with Gasteiger partial charge in [0.05, 0.1) is 5.41 Å². The van der Waals surface area contributed by atoms with Gasteiger partial charge in [-0.15, -0.1) is 0 Å². The molecule has 2 unspecified atom stereocenters. The Morgan fingerprint density at radius 3 is 2.80 bits per heavy atom. The second-order valence-electron chi connectivity index (χ2n) is 3.22. The summed E-state index contributed by atoms with van der Waals surface area (Å²) in [5.74, 6) is -0.206. The van der Waals surface area contributed by atoms with Crippen LogP contribution in [0.5, 0.6) is 0 Å². The molecule has 2 atom stereocenters. The van der Waals surface area contributed by atoms with Gasteiger partial charge in [0.1, 0.15) is 0 Å². The van der Waals surface area contributed by atoms with Gasteiger partial charge in [-0.1, -0.05) is 12.2 Å². The second-order valence-corrected chi connectivity index (χ2v) is 3.22. The summed E-state index contributed by atoms with van der Waals surface area (Å²) in [5.41, 5.74) is -0.431. The van der Waals surface area contributed by atoms with Crippen LogP contribution in [-0.4, -0.2) is 11.1 Å². The van der Waals surface area contributed by atoms with Crippen molar-refractivity contribution in [2.24, 2.45) is 11.3 Å². The fourth-order valence-corrected chi connectivity index (χ4v) is 2.00. The highest BCUT2D eigenvalue weighted by Gasteiger charge is 2.52. The highest BCUT2D eigenvalue weighted by atomic mass is 16.4. The van der Waals surface area contributed by atoms with Crippen LogP contribution in [0.2, 0.25) is 0 Å². The molecule has 0 aromatic rings. The van der Waals surface area contributed by atoms with E-state index in [1.165, 1.54) is 0 Å². The predicted octanol–water partition coefficient (Wildman–Crippen LogP) is 1.43. The first-order valence-electron chi connectivity index (χ1n) is 3.67. The number of carboxylic acid groups (broad SMARTS) is 1. The number of hydrogen-bond donors (Lipinski definition) is 1. The smallest absolute Gasteiger partial charge is 0.313 e. The number of hydrogen-bond acceptors (Lipinski definition) is 1. The Hall–Kier alpha value is -0.790. The Balaban J connectivity index is 2.29. The van der Waals surface area contributed by atoms with E-state index in [2.05, 4.69) is 0 Å². The van der Waals surface area contributed by atoms with Gasteiger partial charge in [-0.2, -0.15) is 0 Å². The van der Waals surface area contributed by atoms with E-state index in [1.807, 2.05) is 12.2 Å². The van der Waals surface area contributed by atoms with Gasteiger partial charge in [0.15, 0.2) is 0 Å². The second kappa shape index (κ2) is 1.62. The van der Waals surface area contributed by atoms with Crippen molar-refractivity contribution in [1.29, 1.82) is 0 Å².